The maximum absolute atomic E-state index is 12.3. The molecule has 26 heavy (non-hydrogen) atoms. The number of carbonyl (C=O) groups is 2. The molecule has 5 nitrogen and oxygen atoms in total. The van der Waals surface area contributed by atoms with Crippen molar-refractivity contribution >= 4 is 17.9 Å². The van der Waals surface area contributed by atoms with Gasteiger partial charge in [-0.25, -0.2) is 0 Å². The van der Waals surface area contributed by atoms with Gasteiger partial charge in [-0.1, -0.05) is 30.3 Å². The second-order valence-electron chi connectivity index (χ2n) is 6.58. The van der Waals surface area contributed by atoms with Crippen molar-refractivity contribution in [3.8, 4) is 0 Å². The zero-order valence-corrected chi connectivity index (χ0v) is 15.0. The van der Waals surface area contributed by atoms with E-state index in [2.05, 4.69) is 5.32 Å². The highest BCUT2D eigenvalue weighted by molar-refractivity contribution is 5.91. The molecule has 2 amide bonds. The van der Waals surface area contributed by atoms with Crippen molar-refractivity contribution in [1.82, 2.24) is 10.2 Å². The number of hydrogen-bond acceptors (Lipinski definition) is 3. The topological polar surface area (TPSA) is 62.6 Å². The van der Waals surface area contributed by atoms with Crippen LogP contribution in [-0.4, -0.2) is 29.8 Å². The lowest BCUT2D eigenvalue weighted by atomic mass is 9.95. The van der Waals surface area contributed by atoms with Crippen LogP contribution in [0, 0.1) is 12.8 Å². The fraction of sp³-hybridized carbons (Fsp3) is 0.333. The van der Waals surface area contributed by atoms with Crippen LogP contribution in [-0.2, 0) is 16.1 Å². The number of nitrogens with one attached hydrogen (secondary N) is 1. The molecule has 0 bridgehead atoms. The largest absolute Gasteiger partial charge is 0.462 e. The molecule has 2 heterocycles. The molecule has 0 atom stereocenters. The van der Waals surface area contributed by atoms with Gasteiger partial charge in [0, 0.05) is 31.6 Å². The first-order valence-electron chi connectivity index (χ1n) is 8.97. The zero-order chi connectivity index (χ0) is 18.4. The molecule has 0 radical (unpaired) electrons. The Hall–Kier alpha value is -2.82. The number of benzene rings is 1. The van der Waals surface area contributed by atoms with E-state index < -0.39 is 0 Å². The quantitative estimate of drug-likeness (QED) is 0.841. The number of nitrogens with zero attached hydrogens (tertiary/aromatic N) is 1. The van der Waals surface area contributed by atoms with Gasteiger partial charge >= 0.3 is 0 Å². The number of carbonyl (C=O) groups excluding carboxylic acids is 2. The van der Waals surface area contributed by atoms with E-state index in [-0.39, 0.29) is 17.7 Å². The standard InChI is InChI=1S/C21H24N2O3/c1-16-7-8-19(26-16)9-10-20(24)23-13-11-18(12-14-23)21(25)22-15-17-5-3-2-4-6-17/h2-10,18H,11-15H2,1H3,(H,22,25). The fourth-order valence-electron chi connectivity index (χ4n) is 3.09. The molecule has 1 N–H and O–H groups in total. The monoisotopic (exact) mass is 352 g/mol. The third kappa shape index (κ3) is 4.85. The van der Waals surface area contributed by atoms with Crippen molar-refractivity contribution in [2.45, 2.75) is 26.3 Å². The van der Waals surface area contributed by atoms with Crippen molar-refractivity contribution in [1.29, 1.82) is 0 Å². The second kappa shape index (κ2) is 8.52. The zero-order valence-electron chi connectivity index (χ0n) is 15.0. The van der Waals surface area contributed by atoms with E-state index in [4.69, 9.17) is 4.42 Å². The number of amides is 2. The Morgan fingerprint density at radius 1 is 1.15 bits per heavy atom. The lowest BCUT2D eigenvalue weighted by Crippen LogP contribution is -2.42. The van der Waals surface area contributed by atoms with Crippen LogP contribution in [0.4, 0.5) is 0 Å². The molecule has 0 spiro atoms. The minimum Gasteiger partial charge on any atom is -0.462 e. The van der Waals surface area contributed by atoms with Crippen LogP contribution in [0.3, 0.4) is 0 Å². The van der Waals surface area contributed by atoms with Gasteiger partial charge in [-0.3, -0.25) is 9.59 Å². The van der Waals surface area contributed by atoms with Gasteiger partial charge in [0.05, 0.1) is 0 Å². The third-order valence-corrected chi connectivity index (χ3v) is 4.64. The summed E-state index contributed by atoms with van der Waals surface area (Å²) in [5.41, 5.74) is 1.09. The first-order chi connectivity index (χ1) is 12.6. The number of hydrogen-bond donors (Lipinski definition) is 1. The lowest BCUT2D eigenvalue weighted by Gasteiger charge is -2.30. The number of likely N-dealkylation sites (tertiary alicyclic amines) is 1. The molecule has 1 aromatic carbocycles. The average molecular weight is 352 g/mol. The van der Waals surface area contributed by atoms with E-state index in [9.17, 15) is 9.59 Å². The maximum atomic E-state index is 12.3. The first-order valence-corrected chi connectivity index (χ1v) is 8.97. The molecule has 3 rings (SSSR count). The van der Waals surface area contributed by atoms with Gasteiger partial charge in [-0.05, 0) is 43.5 Å². The smallest absolute Gasteiger partial charge is 0.246 e. The van der Waals surface area contributed by atoms with E-state index in [0.717, 1.165) is 11.3 Å². The molecule has 5 heteroatoms. The van der Waals surface area contributed by atoms with Crippen molar-refractivity contribution in [2.75, 3.05) is 13.1 Å². The van der Waals surface area contributed by atoms with E-state index >= 15 is 0 Å². The van der Waals surface area contributed by atoms with Crippen LogP contribution < -0.4 is 5.32 Å². The second-order valence-corrected chi connectivity index (χ2v) is 6.58. The normalized spacial score (nSPS) is 15.3. The molecule has 136 valence electrons. The Morgan fingerprint density at radius 2 is 1.88 bits per heavy atom. The minimum absolute atomic E-state index is 0.0283. The SMILES string of the molecule is Cc1ccc(C=CC(=O)N2CCC(C(=O)NCc3ccccc3)CC2)o1. The summed E-state index contributed by atoms with van der Waals surface area (Å²) in [4.78, 5) is 26.4. The minimum atomic E-state index is -0.0396. The fourth-order valence-corrected chi connectivity index (χ4v) is 3.09. The van der Waals surface area contributed by atoms with Gasteiger partial charge in [0.15, 0.2) is 0 Å². The van der Waals surface area contributed by atoms with Gasteiger partial charge in [-0.2, -0.15) is 0 Å². The Morgan fingerprint density at radius 3 is 2.54 bits per heavy atom. The molecule has 1 aromatic heterocycles. The molecule has 0 aliphatic carbocycles. The van der Waals surface area contributed by atoms with Crippen molar-refractivity contribution < 1.29 is 14.0 Å². The van der Waals surface area contributed by atoms with Crippen LogP contribution in [0.15, 0.2) is 53.0 Å². The number of piperidine rings is 1. The third-order valence-electron chi connectivity index (χ3n) is 4.64. The highest BCUT2D eigenvalue weighted by Gasteiger charge is 2.26. The van der Waals surface area contributed by atoms with Gasteiger partial charge < -0.3 is 14.6 Å². The van der Waals surface area contributed by atoms with E-state index in [1.165, 1.54) is 6.08 Å². The van der Waals surface area contributed by atoms with Crippen LogP contribution in [0.1, 0.15) is 29.9 Å². The van der Waals surface area contributed by atoms with Crippen LogP contribution in [0.5, 0.6) is 0 Å². The number of furan rings is 1. The average Bonchev–Trinajstić information content (AvgIpc) is 3.10. The molecular formula is C21H24N2O3. The van der Waals surface area contributed by atoms with Crippen molar-refractivity contribution in [3.05, 3.63) is 65.6 Å². The van der Waals surface area contributed by atoms with E-state index in [1.54, 1.807) is 11.0 Å². The molecule has 1 saturated heterocycles. The summed E-state index contributed by atoms with van der Waals surface area (Å²) < 4.78 is 5.42. The van der Waals surface area contributed by atoms with Crippen LogP contribution in [0.2, 0.25) is 0 Å². The van der Waals surface area contributed by atoms with Crippen molar-refractivity contribution in [2.24, 2.45) is 5.92 Å². The highest BCUT2D eigenvalue weighted by Crippen LogP contribution is 2.18. The van der Waals surface area contributed by atoms with Crippen LogP contribution in [0.25, 0.3) is 6.08 Å². The van der Waals surface area contributed by atoms with E-state index in [0.29, 0.717) is 38.2 Å². The summed E-state index contributed by atoms with van der Waals surface area (Å²) in [6, 6.07) is 13.6. The molecule has 1 aliphatic heterocycles. The summed E-state index contributed by atoms with van der Waals surface area (Å²) >= 11 is 0. The molecule has 0 unspecified atom stereocenters. The Balaban J connectivity index is 1.43. The first kappa shape index (κ1) is 18.0. The summed E-state index contributed by atoms with van der Waals surface area (Å²) in [5, 5.41) is 2.99. The van der Waals surface area contributed by atoms with Gasteiger partial charge in [0.2, 0.25) is 11.8 Å². The van der Waals surface area contributed by atoms with Crippen LogP contribution >= 0.6 is 0 Å². The summed E-state index contributed by atoms with van der Waals surface area (Å²) in [6.07, 6.45) is 4.61. The van der Waals surface area contributed by atoms with E-state index in [1.807, 2.05) is 49.4 Å². The molecule has 1 aliphatic rings. The molecule has 1 fully saturated rings. The number of rotatable bonds is 5. The number of aryl methyl sites for hydroxylation is 1. The predicted octanol–water partition coefficient (Wildman–Crippen LogP) is 3.16. The Bertz CT molecular complexity index is 772. The highest BCUT2D eigenvalue weighted by atomic mass is 16.3. The Labute approximate surface area is 153 Å². The molecule has 2 aromatic rings. The van der Waals surface area contributed by atoms with Gasteiger partial charge in [0.25, 0.3) is 0 Å². The summed E-state index contributed by atoms with van der Waals surface area (Å²) in [6.45, 7) is 3.62. The predicted molar refractivity (Wildman–Crippen MR) is 100 cm³/mol. The van der Waals surface area contributed by atoms with Gasteiger partial charge in [-0.15, -0.1) is 0 Å². The lowest BCUT2D eigenvalue weighted by molar-refractivity contribution is -0.132. The maximum Gasteiger partial charge on any atom is 0.246 e. The summed E-state index contributed by atoms with van der Waals surface area (Å²) in [5.74, 6) is 1.50. The molecule has 0 saturated carbocycles. The summed E-state index contributed by atoms with van der Waals surface area (Å²) in [7, 11) is 0. The molecular weight excluding hydrogens is 328 g/mol. The van der Waals surface area contributed by atoms with Gasteiger partial charge in [0.1, 0.15) is 11.5 Å². The Kier molecular flexibility index (Phi) is 5.89. The van der Waals surface area contributed by atoms with Crippen molar-refractivity contribution in [3.63, 3.8) is 0 Å².